The lowest BCUT2D eigenvalue weighted by molar-refractivity contribution is -0.127. The van der Waals surface area contributed by atoms with Gasteiger partial charge in [-0.15, -0.1) is 0 Å². The Morgan fingerprint density at radius 2 is 1.75 bits per heavy atom. The van der Waals surface area contributed by atoms with Crippen molar-refractivity contribution in [2.45, 2.75) is 90.4 Å². The van der Waals surface area contributed by atoms with Crippen LogP contribution in [0, 0.1) is 5.92 Å². The predicted octanol–water partition coefficient (Wildman–Crippen LogP) is 1.43. The first kappa shape index (κ1) is 22.6. The highest BCUT2D eigenvalue weighted by Crippen LogP contribution is 2.24. The summed E-state index contributed by atoms with van der Waals surface area (Å²) in [4.78, 5) is 41.3. The number of aliphatic hydroxyl groups excluding tert-OH is 1. The summed E-state index contributed by atoms with van der Waals surface area (Å²) in [6.45, 7) is 8.98. The Labute approximate surface area is 168 Å². The SMILES string of the molecule is CCC(C)C(=O)C1CC(O)CN1C(=O)NNC(=O)C1CCCN1C(CC)CC. The summed E-state index contributed by atoms with van der Waals surface area (Å²) in [6, 6.07) is -1.07. The molecule has 0 radical (unpaired) electrons. The second-order valence-electron chi connectivity index (χ2n) is 8.05. The van der Waals surface area contributed by atoms with E-state index in [1.165, 1.54) is 4.90 Å². The molecule has 3 amide bonds. The second-order valence-corrected chi connectivity index (χ2v) is 8.05. The number of likely N-dealkylation sites (tertiary alicyclic amines) is 2. The molecular weight excluding hydrogens is 360 g/mol. The zero-order valence-corrected chi connectivity index (χ0v) is 17.6. The maximum absolute atomic E-state index is 12.6. The van der Waals surface area contributed by atoms with Gasteiger partial charge in [-0.2, -0.15) is 0 Å². The van der Waals surface area contributed by atoms with Crippen molar-refractivity contribution in [2.75, 3.05) is 13.1 Å². The standard InChI is InChI=1S/C20H36N4O4/c1-5-13(4)18(26)17-11-15(25)12-24(17)20(28)22-21-19(27)16-9-8-10-23(16)14(6-2)7-3/h13-17,25H,5-12H2,1-4H3,(H,21,27)(H,22,28). The molecule has 0 aliphatic carbocycles. The summed E-state index contributed by atoms with van der Waals surface area (Å²) in [5, 5.41) is 9.95. The number of ketones is 1. The first-order valence-electron chi connectivity index (χ1n) is 10.7. The summed E-state index contributed by atoms with van der Waals surface area (Å²) < 4.78 is 0. The number of Topliss-reactive ketones (excluding diaryl/α,β-unsaturated/α-hetero) is 1. The van der Waals surface area contributed by atoms with Crippen molar-refractivity contribution in [1.82, 2.24) is 20.7 Å². The lowest BCUT2D eigenvalue weighted by atomic mass is 9.96. The molecule has 4 atom stereocenters. The molecule has 3 N–H and O–H groups in total. The fraction of sp³-hybridized carbons (Fsp3) is 0.850. The minimum atomic E-state index is -0.723. The molecular formula is C20H36N4O4. The van der Waals surface area contributed by atoms with Crippen molar-refractivity contribution in [3.63, 3.8) is 0 Å². The molecule has 2 saturated heterocycles. The average molecular weight is 397 g/mol. The highest BCUT2D eigenvalue weighted by Gasteiger charge is 2.40. The highest BCUT2D eigenvalue weighted by atomic mass is 16.3. The average Bonchev–Trinajstić information content (AvgIpc) is 3.32. The number of hydrogen-bond acceptors (Lipinski definition) is 5. The van der Waals surface area contributed by atoms with E-state index in [4.69, 9.17) is 0 Å². The third-order valence-corrected chi connectivity index (χ3v) is 6.27. The number of nitrogens with one attached hydrogen (secondary N) is 2. The fourth-order valence-electron chi connectivity index (χ4n) is 4.37. The summed E-state index contributed by atoms with van der Waals surface area (Å²) >= 11 is 0. The van der Waals surface area contributed by atoms with Crippen LogP contribution in [0.5, 0.6) is 0 Å². The van der Waals surface area contributed by atoms with Gasteiger partial charge in [0.25, 0.3) is 5.91 Å². The minimum Gasteiger partial charge on any atom is -0.391 e. The number of nitrogens with zero attached hydrogens (tertiary/aromatic N) is 2. The molecule has 0 saturated carbocycles. The van der Waals surface area contributed by atoms with E-state index in [0.717, 1.165) is 32.2 Å². The quantitative estimate of drug-likeness (QED) is 0.565. The first-order chi connectivity index (χ1) is 13.3. The minimum absolute atomic E-state index is 0.0452. The molecule has 0 spiro atoms. The Morgan fingerprint density at radius 3 is 2.36 bits per heavy atom. The molecule has 28 heavy (non-hydrogen) atoms. The molecule has 160 valence electrons. The van der Waals surface area contributed by atoms with Gasteiger partial charge in [-0.1, -0.05) is 27.7 Å². The van der Waals surface area contributed by atoms with Crippen molar-refractivity contribution in [3.05, 3.63) is 0 Å². The van der Waals surface area contributed by atoms with Crippen LogP contribution in [0.3, 0.4) is 0 Å². The number of urea groups is 1. The van der Waals surface area contributed by atoms with Gasteiger partial charge in [0, 0.05) is 24.9 Å². The number of amides is 3. The van der Waals surface area contributed by atoms with Gasteiger partial charge in [0.05, 0.1) is 18.2 Å². The lowest BCUT2D eigenvalue weighted by Gasteiger charge is -2.31. The van der Waals surface area contributed by atoms with E-state index >= 15 is 0 Å². The molecule has 2 rings (SSSR count). The van der Waals surface area contributed by atoms with Gasteiger partial charge in [-0.25, -0.2) is 10.2 Å². The third kappa shape index (κ3) is 5.03. The number of hydrazine groups is 1. The summed E-state index contributed by atoms with van der Waals surface area (Å²) in [5.74, 6) is -0.439. The zero-order valence-electron chi connectivity index (χ0n) is 17.6. The number of aliphatic hydroxyl groups is 1. The number of hydrogen-bond donors (Lipinski definition) is 3. The molecule has 2 aliphatic rings. The number of carbonyl (C=O) groups excluding carboxylic acids is 3. The second kappa shape index (κ2) is 10.2. The molecule has 2 aliphatic heterocycles. The van der Waals surface area contributed by atoms with Crippen molar-refractivity contribution >= 4 is 17.7 Å². The Bertz CT molecular complexity index is 566. The Balaban J connectivity index is 1.94. The van der Waals surface area contributed by atoms with Gasteiger partial charge in [0.15, 0.2) is 5.78 Å². The van der Waals surface area contributed by atoms with Gasteiger partial charge in [-0.05, 0) is 38.6 Å². The van der Waals surface area contributed by atoms with Gasteiger partial charge in [0.2, 0.25) is 0 Å². The summed E-state index contributed by atoms with van der Waals surface area (Å²) in [6.07, 6.45) is 3.91. The topological polar surface area (TPSA) is 102 Å². The van der Waals surface area contributed by atoms with Crippen LogP contribution in [0.2, 0.25) is 0 Å². The predicted molar refractivity (Wildman–Crippen MR) is 106 cm³/mol. The molecule has 8 heteroatoms. The van der Waals surface area contributed by atoms with Crippen molar-refractivity contribution in [3.8, 4) is 0 Å². The van der Waals surface area contributed by atoms with E-state index in [9.17, 15) is 19.5 Å². The Hall–Kier alpha value is -1.67. The van der Waals surface area contributed by atoms with E-state index in [1.807, 2.05) is 13.8 Å². The molecule has 4 unspecified atom stereocenters. The van der Waals surface area contributed by atoms with Crippen LogP contribution in [-0.2, 0) is 9.59 Å². The van der Waals surface area contributed by atoms with E-state index < -0.39 is 18.2 Å². The molecule has 0 aromatic carbocycles. The largest absolute Gasteiger partial charge is 0.391 e. The normalized spacial score (nSPS) is 26.5. The summed E-state index contributed by atoms with van der Waals surface area (Å²) in [7, 11) is 0. The lowest BCUT2D eigenvalue weighted by Crippen LogP contribution is -2.56. The highest BCUT2D eigenvalue weighted by molar-refractivity contribution is 5.91. The van der Waals surface area contributed by atoms with Crippen molar-refractivity contribution in [1.29, 1.82) is 0 Å². The summed E-state index contributed by atoms with van der Waals surface area (Å²) in [5.41, 5.74) is 4.99. The monoisotopic (exact) mass is 396 g/mol. The Kier molecular flexibility index (Phi) is 8.24. The van der Waals surface area contributed by atoms with Crippen LogP contribution in [0.25, 0.3) is 0 Å². The maximum atomic E-state index is 12.6. The smallest absolute Gasteiger partial charge is 0.336 e. The maximum Gasteiger partial charge on any atom is 0.336 e. The molecule has 0 aromatic rings. The van der Waals surface area contributed by atoms with Crippen molar-refractivity contribution < 1.29 is 19.5 Å². The van der Waals surface area contributed by atoms with E-state index in [-0.39, 0.29) is 36.6 Å². The third-order valence-electron chi connectivity index (χ3n) is 6.27. The van der Waals surface area contributed by atoms with E-state index in [2.05, 4.69) is 29.6 Å². The van der Waals surface area contributed by atoms with E-state index in [1.54, 1.807) is 0 Å². The van der Waals surface area contributed by atoms with Crippen LogP contribution in [0.15, 0.2) is 0 Å². The van der Waals surface area contributed by atoms with Crippen LogP contribution in [-0.4, -0.2) is 69.9 Å². The fourth-order valence-corrected chi connectivity index (χ4v) is 4.37. The van der Waals surface area contributed by atoms with Gasteiger partial charge >= 0.3 is 6.03 Å². The molecule has 0 bridgehead atoms. The van der Waals surface area contributed by atoms with Gasteiger partial charge in [0.1, 0.15) is 0 Å². The van der Waals surface area contributed by atoms with Crippen LogP contribution in [0.4, 0.5) is 4.79 Å². The van der Waals surface area contributed by atoms with Crippen molar-refractivity contribution in [2.24, 2.45) is 5.92 Å². The molecule has 8 nitrogen and oxygen atoms in total. The molecule has 0 aromatic heterocycles. The van der Waals surface area contributed by atoms with Gasteiger partial charge in [-0.3, -0.25) is 19.9 Å². The number of β-amino-alcohol motifs (C(OH)–C–C–N with tert-alkyl or cyclic N) is 1. The number of carbonyl (C=O) groups is 3. The Morgan fingerprint density at radius 1 is 1.07 bits per heavy atom. The van der Waals surface area contributed by atoms with Crippen LogP contribution >= 0.6 is 0 Å². The first-order valence-corrected chi connectivity index (χ1v) is 10.7. The molecule has 2 heterocycles. The van der Waals surface area contributed by atoms with Crippen LogP contribution in [0.1, 0.15) is 66.2 Å². The van der Waals surface area contributed by atoms with Crippen LogP contribution < -0.4 is 10.9 Å². The molecule has 2 fully saturated rings. The zero-order chi connectivity index (χ0) is 20.8. The van der Waals surface area contributed by atoms with Gasteiger partial charge < -0.3 is 10.0 Å². The number of rotatable bonds is 7. The van der Waals surface area contributed by atoms with E-state index in [0.29, 0.717) is 12.5 Å².